The Morgan fingerprint density at radius 2 is 2.39 bits per heavy atom. The van der Waals surface area contributed by atoms with Crippen LogP contribution in [0.4, 0.5) is 5.95 Å². The Balaban J connectivity index is 1.88. The SMILES string of the molecule is Cc1ccn2nc(N(C)C3CCCNC3)nc2c1. The molecular weight excluding hydrogens is 226 g/mol. The maximum atomic E-state index is 4.60. The first kappa shape index (κ1) is 11.5. The van der Waals surface area contributed by atoms with Crippen LogP contribution in [0.3, 0.4) is 0 Å². The molecule has 5 heteroatoms. The van der Waals surface area contributed by atoms with E-state index < -0.39 is 0 Å². The normalized spacial score (nSPS) is 20.2. The van der Waals surface area contributed by atoms with E-state index in [1.807, 2.05) is 16.8 Å². The van der Waals surface area contributed by atoms with Gasteiger partial charge in [0.15, 0.2) is 5.65 Å². The highest BCUT2D eigenvalue weighted by molar-refractivity contribution is 5.46. The third-order valence-electron chi connectivity index (χ3n) is 3.62. The van der Waals surface area contributed by atoms with Crippen LogP contribution in [0.2, 0.25) is 0 Å². The summed E-state index contributed by atoms with van der Waals surface area (Å²) in [6, 6.07) is 4.61. The molecule has 0 aliphatic carbocycles. The molecule has 3 rings (SSSR count). The average molecular weight is 245 g/mol. The zero-order chi connectivity index (χ0) is 12.5. The maximum Gasteiger partial charge on any atom is 0.245 e. The van der Waals surface area contributed by atoms with Crippen LogP contribution >= 0.6 is 0 Å². The molecular formula is C13H19N5. The Hall–Kier alpha value is -1.62. The van der Waals surface area contributed by atoms with Gasteiger partial charge in [0, 0.05) is 25.8 Å². The Morgan fingerprint density at radius 1 is 1.50 bits per heavy atom. The van der Waals surface area contributed by atoms with E-state index >= 15 is 0 Å². The molecule has 1 unspecified atom stereocenters. The van der Waals surface area contributed by atoms with Gasteiger partial charge < -0.3 is 10.2 Å². The first-order valence-electron chi connectivity index (χ1n) is 6.50. The van der Waals surface area contributed by atoms with E-state index in [1.165, 1.54) is 18.4 Å². The van der Waals surface area contributed by atoms with Crippen LogP contribution in [0, 0.1) is 6.92 Å². The summed E-state index contributed by atoms with van der Waals surface area (Å²) in [6.07, 6.45) is 4.40. The number of aromatic nitrogens is 3. The number of nitrogens with one attached hydrogen (secondary N) is 1. The second kappa shape index (κ2) is 4.57. The van der Waals surface area contributed by atoms with Gasteiger partial charge in [0.25, 0.3) is 0 Å². The third kappa shape index (κ3) is 2.06. The van der Waals surface area contributed by atoms with Crippen LogP contribution in [-0.4, -0.2) is 40.8 Å². The van der Waals surface area contributed by atoms with Crippen molar-refractivity contribution in [3.8, 4) is 0 Å². The molecule has 1 aliphatic heterocycles. The second-order valence-electron chi connectivity index (χ2n) is 5.03. The number of fused-ring (bicyclic) bond motifs is 1. The Kier molecular flexibility index (Phi) is 2.91. The fraction of sp³-hybridized carbons (Fsp3) is 0.538. The molecule has 5 nitrogen and oxygen atoms in total. The van der Waals surface area contributed by atoms with Crippen LogP contribution in [0.1, 0.15) is 18.4 Å². The van der Waals surface area contributed by atoms with Crippen molar-refractivity contribution in [3.63, 3.8) is 0 Å². The van der Waals surface area contributed by atoms with E-state index in [0.717, 1.165) is 24.7 Å². The maximum absolute atomic E-state index is 4.60. The zero-order valence-corrected chi connectivity index (χ0v) is 10.9. The molecule has 1 N–H and O–H groups in total. The van der Waals surface area contributed by atoms with Crippen LogP contribution < -0.4 is 10.2 Å². The van der Waals surface area contributed by atoms with Crippen molar-refractivity contribution >= 4 is 11.6 Å². The number of hydrogen-bond acceptors (Lipinski definition) is 4. The lowest BCUT2D eigenvalue weighted by molar-refractivity contribution is 0.441. The van der Waals surface area contributed by atoms with Gasteiger partial charge in [-0.15, -0.1) is 5.10 Å². The van der Waals surface area contributed by atoms with Gasteiger partial charge in [0.2, 0.25) is 5.95 Å². The van der Waals surface area contributed by atoms with Gasteiger partial charge in [-0.2, -0.15) is 4.98 Å². The van der Waals surface area contributed by atoms with Crippen LogP contribution in [0.15, 0.2) is 18.3 Å². The lowest BCUT2D eigenvalue weighted by Gasteiger charge is -2.30. The van der Waals surface area contributed by atoms with Crippen LogP contribution in [-0.2, 0) is 0 Å². The summed E-state index contributed by atoms with van der Waals surface area (Å²) in [5, 5.41) is 7.96. The molecule has 0 aromatic carbocycles. The van der Waals surface area contributed by atoms with E-state index in [-0.39, 0.29) is 0 Å². The molecule has 2 aromatic rings. The van der Waals surface area contributed by atoms with Gasteiger partial charge in [-0.05, 0) is 44.0 Å². The minimum absolute atomic E-state index is 0.497. The average Bonchev–Trinajstić information content (AvgIpc) is 2.81. The van der Waals surface area contributed by atoms with E-state index in [0.29, 0.717) is 6.04 Å². The molecule has 2 aromatic heterocycles. The topological polar surface area (TPSA) is 45.5 Å². The van der Waals surface area contributed by atoms with Gasteiger partial charge >= 0.3 is 0 Å². The molecule has 0 bridgehead atoms. The molecule has 18 heavy (non-hydrogen) atoms. The number of piperidine rings is 1. The molecule has 0 amide bonds. The van der Waals surface area contributed by atoms with Crippen molar-refractivity contribution in [1.82, 2.24) is 19.9 Å². The first-order chi connectivity index (χ1) is 8.74. The summed E-state index contributed by atoms with van der Waals surface area (Å²) < 4.78 is 1.84. The summed E-state index contributed by atoms with van der Waals surface area (Å²) in [5.74, 6) is 0.814. The zero-order valence-electron chi connectivity index (χ0n) is 10.9. The van der Waals surface area contributed by atoms with E-state index in [9.17, 15) is 0 Å². The minimum Gasteiger partial charge on any atom is -0.338 e. The number of aryl methyl sites for hydroxylation is 1. The highest BCUT2D eigenvalue weighted by atomic mass is 15.4. The van der Waals surface area contributed by atoms with Gasteiger partial charge in [-0.1, -0.05) is 0 Å². The van der Waals surface area contributed by atoms with Crippen LogP contribution in [0.25, 0.3) is 5.65 Å². The molecule has 1 aliphatic rings. The number of pyridine rings is 1. The monoisotopic (exact) mass is 245 g/mol. The van der Waals surface area contributed by atoms with Crippen molar-refractivity contribution in [3.05, 3.63) is 23.9 Å². The predicted molar refractivity (Wildman–Crippen MR) is 72.0 cm³/mol. The molecule has 0 saturated carbocycles. The van der Waals surface area contributed by atoms with Crippen molar-refractivity contribution in [2.45, 2.75) is 25.8 Å². The van der Waals surface area contributed by atoms with Crippen molar-refractivity contribution in [1.29, 1.82) is 0 Å². The van der Waals surface area contributed by atoms with E-state index in [2.05, 4.69) is 40.3 Å². The fourth-order valence-corrected chi connectivity index (χ4v) is 2.45. The lowest BCUT2D eigenvalue weighted by atomic mass is 10.1. The van der Waals surface area contributed by atoms with Crippen molar-refractivity contribution in [2.75, 3.05) is 25.0 Å². The fourth-order valence-electron chi connectivity index (χ4n) is 2.45. The number of rotatable bonds is 2. The number of hydrogen-bond donors (Lipinski definition) is 1. The molecule has 96 valence electrons. The summed E-state index contributed by atoms with van der Waals surface area (Å²) in [5.41, 5.74) is 2.13. The number of nitrogens with zero attached hydrogens (tertiary/aromatic N) is 4. The largest absolute Gasteiger partial charge is 0.338 e. The Morgan fingerprint density at radius 3 is 3.17 bits per heavy atom. The van der Waals surface area contributed by atoms with Gasteiger partial charge in [-0.25, -0.2) is 4.52 Å². The standard InChI is InChI=1S/C13H19N5/c1-10-5-7-18-12(8-10)15-13(16-18)17(2)11-4-3-6-14-9-11/h5,7-8,11,14H,3-4,6,9H2,1-2H3. The van der Waals surface area contributed by atoms with E-state index in [4.69, 9.17) is 0 Å². The van der Waals surface area contributed by atoms with Crippen molar-refractivity contribution in [2.24, 2.45) is 0 Å². The highest BCUT2D eigenvalue weighted by Gasteiger charge is 2.20. The first-order valence-corrected chi connectivity index (χ1v) is 6.50. The molecule has 1 fully saturated rings. The smallest absolute Gasteiger partial charge is 0.245 e. The summed E-state index contributed by atoms with van der Waals surface area (Å²) in [6.45, 7) is 4.22. The summed E-state index contributed by atoms with van der Waals surface area (Å²) in [4.78, 5) is 6.79. The van der Waals surface area contributed by atoms with Crippen molar-refractivity contribution < 1.29 is 0 Å². The molecule has 3 heterocycles. The second-order valence-corrected chi connectivity index (χ2v) is 5.03. The lowest BCUT2D eigenvalue weighted by Crippen LogP contribution is -2.44. The highest BCUT2D eigenvalue weighted by Crippen LogP contribution is 2.16. The molecule has 1 saturated heterocycles. The number of likely N-dealkylation sites (N-methyl/N-ethyl adjacent to an activating group) is 1. The summed E-state index contributed by atoms with van der Waals surface area (Å²) >= 11 is 0. The quantitative estimate of drug-likeness (QED) is 0.864. The molecule has 0 spiro atoms. The minimum atomic E-state index is 0.497. The molecule has 1 atom stereocenters. The Labute approximate surface area is 107 Å². The van der Waals surface area contributed by atoms with Gasteiger partial charge in [0.1, 0.15) is 0 Å². The van der Waals surface area contributed by atoms with Crippen LogP contribution in [0.5, 0.6) is 0 Å². The Bertz CT molecular complexity index is 541. The third-order valence-corrected chi connectivity index (χ3v) is 3.62. The molecule has 0 radical (unpaired) electrons. The van der Waals surface area contributed by atoms with E-state index in [1.54, 1.807) is 0 Å². The van der Waals surface area contributed by atoms with Gasteiger partial charge in [0.05, 0.1) is 0 Å². The van der Waals surface area contributed by atoms with Gasteiger partial charge in [-0.3, -0.25) is 0 Å². The summed E-state index contributed by atoms with van der Waals surface area (Å²) in [7, 11) is 2.08. The predicted octanol–water partition coefficient (Wildman–Crippen LogP) is 1.23. The number of anilines is 1.